The van der Waals surface area contributed by atoms with E-state index >= 15 is 0 Å². The standard InChI is InChI=1S/C22H28Cl2N2O3/c1-14(27)13-25-21(28)29-26-20(16-11-8-12-17(23)19(16)24)18(22(2,3)4)15-9-6-5-7-10-15/h5-12,14,18,20,26-27H,13H2,1-4H3,(H,25,28). The van der Waals surface area contributed by atoms with Gasteiger partial charge in [-0.1, -0.05) is 86.4 Å². The van der Waals surface area contributed by atoms with Crippen LogP contribution in [0.25, 0.3) is 0 Å². The van der Waals surface area contributed by atoms with Gasteiger partial charge in [0.05, 0.1) is 22.2 Å². The summed E-state index contributed by atoms with van der Waals surface area (Å²) in [6, 6.07) is 14.9. The van der Waals surface area contributed by atoms with Crippen molar-refractivity contribution in [3.63, 3.8) is 0 Å². The van der Waals surface area contributed by atoms with Crippen LogP contribution in [0.1, 0.15) is 50.8 Å². The Hall–Kier alpha value is -1.79. The normalized spacial score (nSPS) is 14.7. The molecule has 3 unspecified atom stereocenters. The summed E-state index contributed by atoms with van der Waals surface area (Å²) >= 11 is 12.8. The summed E-state index contributed by atoms with van der Waals surface area (Å²) < 4.78 is 0. The molecule has 5 nitrogen and oxygen atoms in total. The molecule has 1 amide bonds. The Morgan fingerprint density at radius 3 is 2.34 bits per heavy atom. The molecule has 3 atom stereocenters. The van der Waals surface area contributed by atoms with Gasteiger partial charge in [-0.2, -0.15) is 0 Å². The molecule has 0 spiro atoms. The van der Waals surface area contributed by atoms with Crippen LogP contribution in [0.3, 0.4) is 0 Å². The lowest BCUT2D eigenvalue weighted by atomic mass is 9.71. The van der Waals surface area contributed by atoms with E-state index in [2.05, 4.69) is 31.6 Å². The number of amides is 1. The smallest absolute Gasteiger partial charge is 0.392 e. The molecule has 7 heteroatoms. The van der Waals surface area contributed by atoms with Crippen molar-refractivity contribution >= 4 is 29.3 Å². The second kappa shape index (κ2) is 10.3. The fourth-order valence-corrected chi connectivity index (χ4v) is 3.73. The van der Waals surface area contributed by atoms with Crippen LogP contribution < -0.4 is 10.8 Å². The topological polar surface area (TPSA) is 70.6 Å². The van der Waals surface area contributed by atoms with Crippen LogP contribution in [-0.4, -0.2) is 23.8 Å². The van der Waals surface area contributed by atoms with Gasteiger partial charge in [0.2, 0.25) is 0 Å². The summed E-state index contributed by atoms with van der Waals surface area (Å²) in [6.07, 6.45) is -1.36. The molecule has 0 saturated heterocycles. The Kier molecular flexibility index (Phi) is 8.34. The van der Waals surface area contributed by atoms with Crippen molar-refractivity contribution in [1.82, 2.24) is 10.8 Å². The number of halogens is 2. The molecular weight excluding hydrogens is 411 g/mol. The molecule has 0 bridgehead atoms. The molecule has 158 valence electrons. The van der Waals surface area contributed by atoms with E-state index in [1.165, 1.54) is 0 Å². The van der Waals surface area contributed by atoms with E-state index < -0.39 is 18.2 Å². The second-order valence-electron chi connectivity index (χ2n) is 8.11. The summed E-state index contributed by atoms with van der Waals surface area (Å²) in [4.78, 5) is 17.4. The fraction of sp³-hybridized carbons (Fsp3) is 0.409. The Labute approximate surface area is 182 Å². The molecular formula is C22H28Cl2N2O3. The third kappa shape index (κ3) is 6.61. The maximum absolute atomic E-state index is 12.1. The summed E-state index contributed by atoms with van der Waals surface area (Å²) in [5.74, 6) is -0.0933. The van der Waals surface area contributed by atoms with E-state index in [1.54, 1.807) is 13.0 Å². The molecule has 29 heavy (non-hydrogen) atoms. The number of benzene rings is 2. The molecule has 0 saturated carbocycles. The number of hydrogen-bond donors (Lipinski definition) is 3. The molecule has 0 aliphatic carbocycles. The highest BCUT2D eigenvalue weighted by molar-refractivity contribution is 6.42. The maximum atomic E-state index is 12.1. The summed E-state index contributed by atoms with van der Waals surface area (Å²) in [5, 5.41) is 12.7. The Morgan fingerprint density at radius 2 is 1.76 bits per heavy atom. The van der Waals surface area contributed by atoms with Crippen LogP contribution in [-0.2, 0) is 4.84 Å². The van der Waals surface area contributed by atoms with Gasteiger partial charge in [0.15, 0.2) is 0 Å². The number of hydroxylamine groups is 1. The van der Waals surface area contributed by atoms with Gasteiger partial charge in [0.25, 0.3) is 0 Å². The lowest BCUT2D eigenvalue weighted by Gasteiger charge is -2.38. The molecule has 0 heterocycles. The zero-order chi connectivity index (χ0) is 21.6. The largest absolute Gasteiger partial charge is 0.426 e. The van der Waals surface area contributed by atoms with Crippen molar-refractivity contribution in [3.8, 4) is 0 Å². The maximum Gasteiger partial charge on any atom is 0.426 e. The third-order valence-electron chi connectivity index (χ3n) is 4.56. The minimum atomic E-state index is -0.685. The first-order valence-corrected chi connectivity index (χ1v) is 10.2. The molecule has 2 aromatic rings. The van der Waals surface area contributed by atoms with E-state index in [9.17, 15) is 9.90 Å². The van der Waals surface area contributed by atoms with E-state index in [0.717, 1.165) is 11.1 Å². The Morgan fingerprint density at radius 1 is 1.10 bits per heavy atom. The van der Waals surface area contributed by atoms with Gasteiger partial charge in [0.1, 0.15) is 0 Å². The van der Waals surface area contributed by atoms with Gasteiger partial charge in [-0.25, -0.2) is 4.79 Å². The zero-order valence-corrected chi connectivity index (χ0v) is 18.6. The average molecular weight is 439 g/mol. The van der Waals surface area contributed by atoms with E-state index in [4.69, 9.17) is 28.0 Å². The number of aliphatic hydroxyl groups excluding tert-OH is 1. The first kappa shape index (κ1) is 23.5. The summed E-state index contributed by atoms with van der Waals surface area (Å²) in [5.41, 5.74) is 4.49. The highest BCUT2D eigenvalue weighted by Gasteiger charge is 2.36. The predicted octanol–water partition coefficient (Wildman–Crippen LogP) is 5.48. The number of rotatable bonds is 7. The van der Waals surface area contributed by atoms with Crippen molar-refractivity contribution in [2.45, 2.75) is 45.8 Å². The predicted molar refractivity (Wildman–Crippen MR) is 117 cm³/mol. The summed E-state index contributed by atoms with van der Waals surface area (Å²) in [6.45, 7) is 8.01. The van der Waals surface area contributed by atoms with Crippen molar-refractivity contribution in [2.75, 3.05) is 6.54 Å². The lowest BCUT2D eigenvalue weighted by Crippen LogP contribution is -2.39. The van der Waals surface area contributed by atoms with Crippen LogP contribution in [0.15, 0.2) is 48.5 Å². The third-order valence-corrected chi connectivity index (χ3v) is 5.40. The number of hydrogen-bond acceptors (Lipinski definition) is 4. The molecule has 0 radical (unpaired) electrons. The minimum absolute atomic E-state index is 0.0878. The number of carbonyl (C=O) groups excluding carboxylic acids is 1. The van der Waals surface area contributed by atoms with Gasteiger partial charge in [-0.05, 0) is 29.5 Å². The molecule has 3 N–H and O–H groups in total. The SMILES string of the molecule is CC(O)CNC(=O)ONC(c1cccc(Cl)c1Cl)C(c1ccccc1)C(C)(C)C. The Balaban J connectivity index is 2.42. The second-order valence-corrected chi connectivity index (χ2v) is 8.90. The zero-order valence-electron chi connectivity index (χ0n) is 17.1. The van der Waals surface area contributed by atoms with Gasteiger partial charge >= 0.3 is 6.09 Å². The highest BCUT2D eigenvalue weighted by Crippen LogP contribution is 2.46. The van der Waals surface area contributed by atoms with E-state index in [1.807, 2.05) is 42.5 Å². The van der Waals surface area contributed by atoms with Gasteiger partial charge in [-0.3, -0.25) is 0 Å². The van der Waals surface area contributed by atoms with Crippen LogP contribution in [0.4, 0.5) is 4.79 Å². The van der Waals surface area contributed by atoms with Crippen molar-refractivity contribution in [2.24, 2.45) is 5.41 Å². The quantitative estimate of drug-likeness (QED) is 0.500. The first-order valence-electron chi connectivity index (χ1n) is 9.48. The van der Waals surface area contributed by atoms with Gasteiger partial charge in [0, 0.05) is 12.5 Å². The number of carbonyl (C=O) groups is 1. The lowest BCUT2D eigenvalue weighted by molar-refractivity contribution is 0.0454. The van der Waals surface area contributed by atoms with Gasteiger partial charge in [-0.15, -0.1) is 5.48 Å². The van der Waals surface area contributed by atoms with Crippen molar-refractivity contribution < 1.29 is 14.7 Å². The van der Waals surface area contributed by atoms with Crippen molar-refractivity contribution in [1.29, 1.82) is 0 Å². The van der Waals surface area contributed by atoms with Crippen molar-refractivity contribution in [3.05, 3.63) is 69.7 Å². The first-order chi connectivity index (χ1) is 13.6. The number of aliphatic hydroxyl groups is 1. The average Bonchev–Trinajstić information content (AvgIpc) is 2.65. The van der Waals surface area contributed by atoms with E-state index in [-0.39, 0.29) is 17.9 Å². The molecule has 0 fully saturated rings. The monoisotopic (exact) mass is 438 g/mol. The highest BCUT2D eigenvalue weighted by atomic mass is 35.5. The molecule has 2 rings (SSSR count). The molecule has 0 aliphatic rings. The Bertz CT molecular complexity index is 807. The van der Waals surface area contributed by atoms with Crippen LogP contribution >= 0.6 is 23.2 Å². The molecule has 0 aliphatic heterocycles. The van der Waals surface area contributed by atoms with Crippen LogP contribution in [0.5, 0.6) is 0 Å². The van der Waals surface area contributed by atoms with Crippen LogP contribution in [0.2, 0.25) is 10.0 Å². The molecule has 0 aromatic heterocycles. The minimum Gasteiger partial charge on any atom is -0.392 e. The van der Waals surface area contributed by atoms with Crippen LogP contribution in [0, 0.1) is 5.41 Å². The fourth-order valence-electron chi connectivity index (χ4n) is 3.31. The summed E-state index contributed by atoms with van der Waals surface area (Å²) in [7, 11) is 0. The molecule has 2 aromatic carbocycles. The number of nitrogens with one attached hydrogen (secondary N) is 2. The van der Waals surface area contributed by atoms with Gasteiger partial charge < -0.3 is 15.3 Å². The van der Waals surface area contributed by atoms with E-state index in [0.29, 0.717) is 10.0 Å².